The van der Waals surface area contributed by atoms with Gasteiger partial charge in [-0.1, -0.05) is 12.1 Å². The minimum absolute atomic E-state index is 0.0380. The molecule has 3 amide bonds. The van der Waals surface area contributed by atoms with E-state index in [2.05, 4.69) is 10.6 Å². The van der Waals surface area contributed by atoms with Crippen LogP contribution in [0.3, 0.4) is 0 Å². The second-order valence-electron chi connectivity index (χ2n) is 3.92. The molecule has 5 N–H and O–H groups in total. The number of amides is 3. The average Bonchev–Trinajstić information content (AvgIpc) is 2.36. The number of anilines is 1. The number of hydrogen-bond acceptors (Lipinski definition) is 4. The molecule has 0 radical (unpaired) electrons. The van der Waals surface area contributed by atoms with Gasteiger partial charge in [-0.25, -0.2) is 0 Å². The lowest BCUT2D eigenvalue weighted by molar-refractivity contribution is -0.136. The maximum atomic E-state index is 11.5. The number of aliphatic hydroxyl groups is 1. The van der Waals surface area contributed by atoms with Crippen LogP contribution in [0.25, 0.3) is 0 Å². The summed E-state index contributed by atoms with van der Waals surface area (Å²) in [4.78, 5) is 34.1. The Morgan fingerprint density at radius 3 is 2.47 bits per heavy atom. The Labute approximate surface area is 109 Å². The summed E-state index contributed by atoms with van der Waals surface area (Å²) >= 11 is 0. The van der Waals surface area contributed by atoms with Gasteiger partial charge < -0.3 is 21.5 Å². The standard InChI is InChI=1S/C12H15N3O4/c1-7(16)6-14-11(18)12(19)15-9-5-3-2-4-8(9)10(13)17/h2-5,7,16H,6H2,1H3,(H2,13,17)(H,14,18)(H,15,19). The van der Waals surface area contributed by atoms with E-state index in [1.807, 2.05) is 0 Å². The number of benzene rings is 1. The van der Waals surface area contributed by atoms with Crippen LogP contribution in [0.15, 0.2) is 24.3 Å². The van der Waals surface area contributed by atoms with Crippen molar-refractivity contribution in [3.05, 3.63) is 29.8 Å². The molecule has 7 nitrogen and oxygen atoms in total. The third-order valence-electron chi connectivity index (χ3n) is 2.20. The number of nitrogens with two attached hydrogens (primary N) is 1. The van der Waals surface area contributed by atoms with E-state index >= 15 is 0 Å². The van der Waals surface area contributed by atoms with Crippen LogP contribution in [0.5, 0.6) is 0 Å². The van der Waals surface area contributed by atoms with Gasteiger partial charge >= 0.3 is 11.8 Å². The summed E-state index contributed by atoms with van der Waals surface area (Å²) in [5, 5.41) is 13.5. The zero-order valence-electron chi connectivity index (χ0n) is 10.3. The molecule has 102 valence electrons. The van der Waals surface area contributed by atoms with Gasteiger partial charge in [0, 0.05) is 6.54 Å². The van der Waals surface area contributed by atoms with E-state index in [0.29, 0.717) is 0 Å². The second kappa shape index (κ2) is 6.50. The predicted octanol–water partition coefficient (Wildman–Crippen LogP) is -0.779. The Kier molecular flexibility index (Phi) is 5.01. The fraction of sp³-hybridized carbons (Fsp3) is 0.250. The number of nitrogens with one attached hydrogen (secondary N) is 2. The molecule has 0 aliphatic carbocycles. The normalized spacial score (nSPS) is 11.5. The molecule has 1 unspecified atom stereocenters. The van der Waals surface area contributed by atoms with Crippen LogP contribution in [0, 0.1) is 0 Å². The number of carbonyl (C=O) groups excluding carboxylic acids is 3. The van der Waals surface area contributed by atoms with Gasteiger partial charge in [0.25, 0.3) is 5.91 Å². The Balaban J connectivity index is 2.72. The zero-order chi connectivity index (χ0) is 14.4. The number of carbonyl (C=O) groups is 3. The fourth-order valence-corrected chi connectivity index (χ4v) is 1.31. The van der Waals surface area contributed by atoms with Crippen molar-refractivity contribution in [2.24, 2.45) is 5.73 Å². The Hall–Kier alpha value is -2.41. The molecule has 1 aromatic carbocycles. The molecule has 0 saturated heterocycles. The highest BCUT2D eigenvalue weighted by molar-refractivity contribution is 6.40. The van der Waals surface area contributed by atoms with E-state index in [1.165, 1.54) is 19.1 Å². The Morgan fingerprint density at radius 2 is 1.89 bits per heavy atom. The highest BCUT2D eigenvalue weighted by atomic mass is 16.3. The van der Waals surface area contributed by atoms with Crippen molar-refractivity contribution in [1.29, 1.82) is 0 Å². The summed E-state index contributed by atoms with van der Waals surface area (Å²) in [5.74, 6) is -2.55. The van der Waals surface area contributed by atoms with Gasteiger partial charge in [0.1, 0.15) is 0 Å². The first-order chi connectivity index (χ1) is 8.91. The van der Waals surface area contributed by atoms with Crippen LogP contribution < -0.4 is 16.4 Å². The molecule has 0 aliphatic heterocycles. The van der Waals surface area contributed by atoms with E-state index < -0.39 is 23.8 Å². The minimum Gasteiger partial charge on any atom is -0.392 e. The van der Waals surface area contributed by atoms with Gasteiger partial charge in [-0.15, -0.1) is 0 Å². The quantitative estimate of drug-likeness (QED) is 0.533. The molecule has 0 aliphatic rings. The SMILES string of the molecule is CC(O)CNC(=O)C(=O)Nc1ccccc1C(N)=O. The molecule has 0 bridgehead atoms. The van der Waals surface area contributed by atoms with Crippen LogP contribution in [-0.2, 0) is 9.59 Å². The molecule has 0 saturated carbocycles. The molecule has 0 heterocycles. The van der Waals surface area contributed by atoms with E-state index in [-0.39, 0.29) is 17.8 Å². The lowest BCUT2D eigenvalue weighted by atomic mass is 10.1. The van der Waals surface area contributed by atoms with Gasteiger partial charge in [-0.2, -0.15) is 0 Å². The van der Waals surface area contributed by atoms with Gasteiger partial charge in [0.15, 0.2) is 0 Å². The number of rotatable bonds is 4. The monoisotopic (exact) mass is 265 g/mol. The summed E-state index contributed by atoms with van der Waals surface area (Å²) < 4.78 is 0. The maximum absolute atomic E-state index is 11.5. The fourth-order valence-electron chi connectivity index (χ4n) is 1.31. The highest BCUT2D eigenvalue weighted by Crippen LogP contribution is 2.13. The van der Waals surface area contributed by atoms with Gasteiger partial charge in [-0.3, -0.25) is 14.4 Å². The maximum Gasteiger partial charge on any atom is 0.313 e. The van der Waals surface area contributed by atoms with Gasteiger partial charge in [0.2, 0.25) is 0 Å². The minimum atomic E-state index is -0.936. The largest absolute Gasteiger partial charge is 0.392 e. The summed E-state index contributed by atoms with van der Waals surface area (Å²) in [6.45, 7) is 1.43. The average molecular weight is 265 g/mol. The van der Waals surface area contributed by atoms with Gasteiger partial charge in [-0.05, 0) is 19.1 Å². The zero-order valence-corrected chi connectivity index (χ0v) is 10.3. The first-order valence-electron chi connectivity index (χ1n) is 5.58. The number of aliphatic hydroxyl groups excluding tert-OH is 1. The van der Waals surface area contributed by atoms with Crippen molar-refractivity contribution in [3.63, 3.8) is 0 Å². The first-order valence-corrected chi connectivity index (χ1v) is 5.58. The summed E-state index contributed by atoms with van der Waals surface area (Å²) in [5.41, 5.74) is 5.41. The molecule has 1 rings (SSSR count). The van der Waals surface area contributed by atoms with E-state index in [1.54, 1.807) is 12.1 Å². The van der Waals surface area contributed by atoms with Crippen LogP contribution in [0.4, 0.5) is 5.69 Å². The molecule has 7 heteroatoms. The van der Waals surface area contributed by atoms with E-state index in [4.69, 9.17) is 10.8 Å². The molecule has 0 fully saturated rings. The highest BCUT2D eigenvalue weighted by Gasteiger charge is 2.16. The Morgan fingerprint density at radius 1 is 1.26 bits per heavy atom. The number of primary amides is 1. The third-order valence-corrected chi connectivity index (χ3v) is 2.20. The molecular weight excluding hydrogens is 250 g/mol. The predicted molar refractivity (Wildman–Crippen MR) is 68.3 cm³/mol. The molecule has 19 heavy (non-hydrogen) atoms. The molecule has 0 aromatic heterocycles. The summed E-state index contributed by atoms with van der Waals surface area (Å²) in [6.07, 6.45) is -0.755. The Bertz CT molecular complexity index is 500. The lowest BCUT2D eigenvalue weighted by Crippen LogP contribution is -2.39. The van der Waals surface area contributed by atoms with Crippen LogP contribution in [-0.4, -0.2) is 35.5 Å². The van der Waals surface area contributed by atoms with Crippen molar-refractivity contribution >= 4 is 23.4 Å². The van der Waals surface area contributed by atoms with Crippen molar-refractivity contribution in [1.82, 2.24) is 5.32 Å². The van der Waals surface area contributed by atoms with Crippen molar-refractivity contribution in [3.8, 4) is 0 Å². The number of hydrogen-bond donors (Lipinski definition) is 4. The van der Waals surface area contributed by atoms with Crippen molar-refractivity contribution in [2.45, 2.75) is 13.0 Å². The third kappa shape index (κ3) is 4.40. The number of para-hydroxylation sites is 1. The second-order valence-corrected chi connectivity index (χ2v) is 3.92. The summed E-state index contributed by atoms with van der Waals surface area (Å²) in [6, 6.07) is 6.07. The van der Waals surface area contributed by atoms with Crippen LogP contribution >= 0.6 is 0 Å². The van der Waals surface area contributed by atoms with Crippen molar-refractivity contribution in [2.75, 3.05) is 11.9 Å². The molecule has 0 spiro atoms. The molecular formula is C12H15N3O4. The molecule has 1 atom stereocenters. The summed E-state index contributed by atoms with van der Waals surface area (Å²) in [7, 11) is 0. The van der Waals surface area contributed by atoms with E-state index in [0.717, 1.165) is 0 Å². The topological polar surface area (TPSA) is 122 Å². The first kappa shape index (κ1) is 14.7. The van der Waals surface area contributed by atoms with Crippen LogP contribution in [0.2, 0.25) is 0 Å². The van der Waals surface area contributed by atoms with Crippen molar-refractivity contribution < 1.29 is 19.5 Å². The van der Waals surface area contributed by atoms with E-state index in [9.17, 15) is 14.4 Å². The van der Waals surface area contributed by atoms with Crippen LogP contribution in [0.1, 0.15) is 17.3 Å². The van der Waals surface area contributed by atoms with Gasteiger partial charge in [0.05, 0.1) is 17.4 Å². The molecule has 1 aromatic rings. The lowest BCUT2D eigenvalue weighted by Gasteiger charge is -2.09. The smallest absolute Gasteiger partial charge is 0.313 e.